The van der Waals surface area contributed by atoms with E-state index in [1.165, 1.54) is 11.1 Å². The first-order chi connectivity index (χ1) is 10.9. The molecule has 3 rings (SSSR count). The largest absolute Gasteiger partial charge is 0.330 e. The number of hydrogen-bond acceptors (Lipinski definition) is 3. The molecule has 0 aliphatic carbocycles. The molecular weight excluding hydrogens is 347 g/mol. The Hall–Kier alpha value is -1.55. The van der Waals surface area contributed by atoms with E-state index in [4.69, 9.17) is 28.2 Å². The van der Waals surface area contributed by atoms with Crippen molar-refractivity contribution >= 4 is 45.4 Å². The summed E-state index contributed by atoms with van der Waals surface area (Å²) in [5, 5.41) is 5.33. The Balaban J connectivity index is 1.94. The zero-order valence-corrected chi connectivity index (χ0v) is 15.4. The molecule has 0 amide bonds. The number of hydrogen-bond donors (Lipinski definition) is 1. The zero-order valence-electron chi connectivity index (χ0n) is 13.1. The first-order valence-corrected chi connectivity index (χ1v) is 8.78. The molecule has 0 spiro atoms. The summed E-state index contributed by atoms with van der Waals surface area (Å²) in [6.45, 7) is 6.31. The molecule has 0 radical (unpaired) electrons. The van der Waals surface area contributed by atoms with Crippen LogP contribution in [-0.2, 0) is 0 Å². The number of rotatable bonds is 3. The van der Waals surface area contributed by atoms with E-state index in [9.17, 15) is 0 Å². The third-order valence-corrected chi connectivity index (χ3v) is 5.20. The van der Waals surface area contributed by atoms with Gasteiger partial charge in [0.1, 0.15) is 0 Å². The molecule has 0 aliphatic rings. The minimum Gasteiger partial charge on any atom is -0.330 e. The summed E-state index contributed by atoms with van der Waals surface area (Å²) < 4.78 is 0. The number of anilines is 2. The maximum absolute atomic E-state index is 6.20. The summed E-state index contributed by atoms with van der Waals surface area (Å²) in [6.07, 6.45) is 0. The van der Waals surface area contributed by atoms with Crippen LogP contribution in [0.3, 0.4) is 0 Å². The molecule has 0 atom stereocenters. The predicted octanol–water partition coefficient (Wildman–Crippen LogP) is 6.79. The van der Waals surface area contributed by atoms with Crippen molar-refractivity contribution in [1.82, 2.24) is 4.98 Å². The van der Waals surface area contributed by atoms with Gasteiger partial charge in [-0.3, -0.25) is 0 Å². The summed E-state index contributed by atoms with van der Waals surface area (Å²) in [5.41, 5.74) is 5.44. The minimum atomic E-state index is 0.620. The number of halogens is 2. The minimum absolute atomic E-state index is 0.620. The molecule has 0 fully saturated rings. The Morgan fingerprint density at radius 1 is 0.957 bits per heavy atom. The summed E-state index contributed by atoms with van der Waals surface area (Å²) >= 11 is 13.8. The molecule has 23 heavy (non-hydrogen) atoms. The van der Waals surface area contributed by atoms with Crippen molar-refractivity contribution in [2.24, 2.45) is 0 Å². The fourth-order valence-electron chi connectivity index (χ4n) is 2.31. The fraction of sp³-hybridized carbons (Fsp3) is 0.167. The standard InChI is InChI=1S/C18H16Cl2N2S/c1-10-4-5-13(8-11(10)2)17-12(3)23-18(22-17)21-16-9-14(19)6-7-15(16)20/h4-9H,1-3H3,(H,21,22). The second-order valence-electron chi connectivity index (χ2n) is 5.47. The van der Waals surface area contributed by atoms with Crippen molar-refractivity contribution in [3.8, 4) is 11.3 Å². The van der Waals surface area contributed by atoms with E-state index in [0.717, 1.165) is 27.0 Å². The number of aromatic nitrogens is 1. The molecular formula is C18H16Cl2N2S. The van der Waals surface area contributed by atoms with Crippen molar-refractivity contribution in [3.63, 3.8) is 0 Å². The van der Waals surface area contributed by atoms with Gasteiger partial charge in [-0.2, -0.15) is 0 Å². The van der Waals surface area contributed by atoms with Gasteiger partial charge in [-0.25, -0.2) is 4.98 Å². The van der Waals surface area contributed by atoms with Gasteiger partial charge < -0.3 is 5.32 Å². The Morgan fingerprint density at radius 3 is 2.48 bits per heavy atom. The van der Waals surface area contributed by atoms with Crippen molar-refractivity contribution in [2.75, 3.05) is 5.32 Å². The number of thiazole rings is 1. The van der Waals surface area contributed by atoms with E-state index in [1.54, 1.807) is 29.5 Å². The Kier molecular flexibility index (Phi) is 4.62. The number of aryl methyl sites for hydroxylation is 3. The Labute approximate surface area is 150 Å². The SMILES string of the molecule is Cc1ccc(-c2nc(Nc3cc(Cl)ccc3Cl)sc2C)cc1C. The van der Waals surface area contributed by atoms with Crippen LogP contribution in [0.25, 0.3) is 11.3 Å². The second kappa shape index (κ2) is 6.52. The van der Waals surface area contributed by atoms with Crippen molar-refractivity contribution in [1.29, 1.82) is 0 Å². The van der Waals surface area contributed by atoms with Gasteiger partial charge in [0.2, 0.25) is 0 Å². The average molecular weight is 363 g/mol. The van der Waals surface area contributed by atoms with E-state index in [2.05, 4.69) is 44.3 Å². The van der Waals surface area contributed by atoms with Crippen LogP contribution in [0.5, 0.6) is 0 Å². The lowest BCUT2D eigenvalue weighted by Gasteiger charge is -2.05. The molecule has 5 heteroatoms. The summed E-state index contributed by atoms with van der Waals surface area (Å²) in [7, 11) is 0. The number of nitrogens with one attached hydrogen (secondary N) is 1. The van der Waals surface area contributed by atoms with Crippen LogP contribution < -0.4 is 5.32 Å². The molecule has 1 aromatic heterocycles. The van der Waals surface area contributed by atoms with Crippen LogP contribution in [0.4, 0.5) is 10.8 Å². The highest BCUT2D eigenvalue weighted by Gasteiger charge is 2.12. The van der Waals surface area contributed by atoms with Crippen LogP contribution in [0, 0.1) is 20.8 Å². The molecule has 0 saturated heterocycles. The lowest BCUT2D eigenvalue weighted by Crippen LogP contribution is -1.91. The normalized spacial score (nSPS) is 10.8. The number of benzene rings is 2. The molecule has 1 N–H and O–H groups in total. The van der Waals surface area contributed by atoms with Gasteiger partial charge in [0.25, 0.3) is 0 Å². The molecule has 0 saturated carbocycles. The van der Waals surface area contributed by atoms with Gasteiger partial charge in [-0.15, -0.1) is 11.3 Å². The van der Waals surface area contributed by atoms with Crippen LogP contribution in [0.2, 0.25) is 10.0 Å². The van der Waals surface area contributed by atoms with Crippen LogP contribution in [0.1, 0.15) is 16.0 Å². The second-order valence-corrected chi connectivity index (χ2v) is 7.52. The highest BCUT2D eigenvalue weighted by atomic mass is 35.5. The monoisotopic (exact) mass is 362 g/mol. The lowest BCUT2D eigenvalue weighted by atomic mass is 10.0. The molecule has 118 valence electrons. The van der Waals surface area contributed by atoms with E-state index in [0.29, 0.717) is 10.0 Å². The average Bonchev–Trinajstić information content (AvgIpc) is 2.86. The Morgan fingerprint density at radius 2 is 1.74 bits per heavy atom. The first-order valence-electron chi connectivity index (χ1n) is 7.21. The molecule has 0 unspecified atom stereocenters. The van der Waals surface area contributed by atoms with Crippen LogP contribution in [-0.4, -0.2) is 4.98 Å². The third kappa shape index (κ3) is 3.52. The van der Waals surface area contributed by atoms with Crippen molar-refractivity contribution < 1.29 is 0 Å². The van der Waals surface area contributed by atoms with Gasteiger partial charge in [-0.1, -0.05) is 35.3 Å². The van der Waals surface area contributed by atoms with Gasteiger partial charge in [-0.05, 0) is 56.2 Å². The van der Waals surface area contributed by atoms with E-state index in [-0.39, 0.29) is 0 Å². The maximum atomic E-state index is 6.20. The fourth-order valence-corrected chi connectivity index (χ4v) is 3.50. The quantitative estimate of drug-likeness (QED) is 0.554. The highest BCUT2D eigenvalue weighted by Crippen LogP contribution is 2.35. The zero-order chi connectivity index (χ0) is 16.6. The smallest absolute Gasteiger partial charge is 0.188 e. The first kappa shape index (κ1) is 16.3. The topological polar surface area (TPSA) is 24.9 Å². The maximum Gasteiger partial charge on any atom is 0.188 e. The molecule has 0 bridgehead atoms. The van der Waals surface area contributed by atoms with Crippen LogP contribution >= 0.6 is 34.5 Å². The molecule has 0 aliphatic heterocycles. The highest BCUT2D eigenvalue weighted by molar-refractivity contribution is 7.16. The molecule has 3 aromatic rings. The van der Waals surface area contributed by atoms with Crippen molar-refractivity contribution in [2.45, 2.75) is 20.8 Å². The predicted molar refractivity (Wildman–Crippen MR) is 102 cm³/mol. The molecule has 1 heterocycles. The Bertz CT molecular complexity index is 871. The van der Waals surface area contributed by atoms with Gasteiger partial charge in [0, 0.05) is 15.5 Å². The molecule has 2 aromatic carbocycles. The summed E-state index contributed by atoms with van der Waals surface area (Å²) in [4.78, 5) is 5.88. The molecule has 2 nitrogen and oxygen atoms in total. The third-order valence-electron chi connectivity index (χ3n) is 3.75. The number of nitrogens with zero attached hydrogens (tertiary/aromatic N) is 1. The lowest BCUT2D eigenvalue weighted by molar-refractivity contribution is 1.31. The summed E-state index contributed by atoms with van der Waals surface area (Å²) in [6, 6.07) is 11.8. The van der Waals surface area contributed by atoms with Crippen molar-refractivity contribution in [3.05, 3.63) is 62.4 Å². The van der Waals surface area contributed by atoms with Crippen LogP contribution in [0.15, 0.2) is 36.4 Å². The summed E-state index contributed by atoms with van der Waals surface area (Å²) in [5.74, 6) is 0. The van der Waals surface area contributed by atoms with E-state index >= 15 is 0 Å². The van der Waals surface area contributed by atoms with Gasteiger partial charge in [0.05, 0.1) is 16.4 Å². The van der Waals surface area contributed by atoms with Gasteiger partial charge in [0.15, 0.2) is 5.13 Å². The van der Waals surface area contributed by atoms with Gasteiger partial charge >= 0.3 is 0 Å². The van der Waals surface area contributed by atoms with E-state index in [1.807, 2.05) is 0 Å². The van der Waals surface area contributed by atoms with E-state index < -0.39 is 0 Å².